The van der Waals surface area contributed by atoms with Crippen LogP contribution in [0.4, 0.5) is 13.2 Å². The highest BCUT2D eigenvalue weighted by Crippen LogP contribution is 2.30. The van der Waals surface area contributed by atoms with E-state index < -0.39 is 11.7 Å². The summed E-state index contributed by atoms with van der Waals surface area (Å²) >= 11 is 0. The van der Waals surface area contributed by atoms with Gasteiger partial charge in [-0.05, 0) is 24.6 Å². The Bertz CT molecular complexity index is 593. The molecule has 2 aromatic rings. The summed E-state index contributed by atoms with van der Waals surface area (Å²) < 4.78 is 38.8. The van der Waals surface area contributed by atoms with Crippen LogP contribution in [-0.2, 0) is 12.7 Å². The summed E-state index contributed by atoms with van der Waals surface area (Å²) in [7, 11) is 0. The zero-order valence-electron chi connectivity index (χ0n) is 9.58. The summed E-state index contributed by atoms with van der Waals surface area (Å²) in [4.78, 5) is 11.2. The Hall–Kier alpha value is -1.98. The van der Waals surface area contributed by atoms with Crippen LogP contribution < -0.4 is 5.56 Å². The first kappa shape index (κ1) is 12.5. The van der Waals surface area contributed by atoms with Gasteiger partial charge >= 0.3 is 6.18 Å². The maximum Gasteiger partial charge on any atom is 0.416 e. The molecule has 96 valence electrons. The summed E-state index contributed by atoms with van der Waals surface area (Å²) in [5.74, 6) is 0. The van der Waals surface area contributed by atoms with Gasteiger partial charge in [-0.1, -0.05) is 12.1 Å². The van der Waals surface area contributed by atoms with Crippen molar-refractivity contribution in [3.8, 4) is 11.3 Å². The van der Waals surface area contributed by atoms with Gasteiger partial charge in [0.2, 0.25) is 0 Å². The number of aryl methyl sites for hydroxylation is 1. The number of aromatic amines is 1. The van der Waals surface area contributed by atoms with Crippen LogP contribution in [0.25, 0.3) is 11.3 Å². The molecule has 2 rings (SSSR count). The molecule has 3 nitrogen and oxygen atoms in total. The molecule has 6 heteroatoms. The van der Waals surface area contributed by atoms with Gasteiger partial charge in [-0.15, -0.1) is 0 Å². The minimum absolute atomic E-state index is 0.272. The molecule has 0 aliphatic rings. The molecule has 18 heavy (non-hydrogen) atoms. The van der Waals surface area contributed by atoms with Crippen molar-refractivity contribution in [3.63, 3.8) is 0 Å². The fourth-order valence-corrected chi connectivity index (χ4v) is 1.75. The van der Waals surface area contributed by atoms with E-state index in [0.29, 0.717) is 17.8 Å². The predicted molar refractivity (Wildman–Crippen MR) is 61.2 cm³/mol. The highest BCUT2D eigenvalue weighted by Gasteiger charge is 2.30. The average molecular weight is 256 g/mol. The molecule has 0 aliphatic heterocycles. The standard InChI is InChI=1S/C12H11F3N2O/c1-2-17-10(7-11(18)16-17)8-3-5-9(6-4-8)12(13,14)15/h3-7H,2H2,1H3,(H,16,18). The summed E-state index contributed by atoms with van der Waals surface area (Å²) in [6.07, 6.45) is -4.35. The number of rotatable bonds is 2. The lowest BCUT2D eigenvalue weighted by molar-refractivity contribution is -0.137. The maximum atomic E-state index is 12.4. The molecule has 0 spiro atoms. The van der Waals surface area contributed by atoms with Crippen molar-refractivity contribution in [2.24, 2.45) is 0 Å². The molecule has 0 radical (unpaired) electrons. The van der Waals surface area contributed by atoms with Gasteiger partial charge in [0, 0.05) is 12.6 Å². The highest BCUT2D eigenvalue weighted by molar-refractivity contribution is 5.59. The number of halogens is 3. The second kappa shape index (κ2) is 4.36. The third-order valence-electron chi connectivity index (χ3n) is 2.63. The molecule has 1 heterocycles. The third-order valence-corrected chi connectivity index (χ3v) is 2.63. The van der Waals surface area contributed by atoms with E-state index in [4.69, 9.17) is 0 Å². The predicted octanol–water partition coefficient (Wildman–Crippen LogP) is 2.88. The van der Waals surface area contributed by atoms with Crippen molar-refractivity contribution >= 4 is 0 Å². The average Bonchev–Trinajstić information content (AvgIpc) is 2.69. The van der Waals surface area contributed by atoms with Crippen molar-refractivity contribution in [2.75, 3.05) is 0 Å². The van der Waals surface area contributed by atoms with Gasteiger partial charge in [0.15, 0.2) is 0 Å². The lowest BCUT2D eigenvalue weighted by Crippen LogP contribution is -2.05. The van der Waals surface area contributed by atoms with E-state index in [1.54, 1.807) is 4.68 Å². The topological polar surface area (TPSA) is 37.8 Å². The van der Waals surface area contributed by atoms with Crippen LogP contribution in [0.15, 0.2) is 35.1 Å². The Morgan fingerprint density at radius 2 is 1.83 bits per heavy atom. The highest BCUT2D eigenvalue weighted by atomic mass is 19.4. The molecule has 0 atom stereocenters. The van der Waals surface area contributed by atoms with Crippen molar-refractivity contribution in [1.82, 2.24) is 9.78 Å². The molecule has 1 aromatic carbocycles. The number of nitrogens with one attached hydrogen (secondary N) is 1. The Labute approximate surface area is 101 Å². The molecule has 0 unspecified atom stereocenters. The zero-order chi connectivity index (χ0) is 13.3. The molecule has 1 N–H and O–H groups in total. The molecule has 0 saturated carbocycles. The maximum absolute atomic E-state index is 12.4. The number of alkyl halides is 3. The van der Waals surface area contributed by atoms with Crippen LogP contribution >= 0.6 is 0 Å². The van der Waals surface area contributed by atoms with Crippen molar-refractivity contribution in [2.45, 2.75) is 19.6 Å². The number of H-pyrrole nitrogens is 1. The minimum atomic E-state index is -4.35. The summed E-state index contributed by atoms with van der Waals surface area (Å²) in [6, 6.07) is 6.10. The lowest BCUT2D eigenvalue weighted by Gasteiger charge is -2.08. The van der Waals surface area contributed by atoms with E-state index in [-0.39, 0.29) is 5.56 Å². The van der Waals surface area contributed by atoms with E-state index in [1.165, 1.54) is 18.2 Å². The molecular formula is C12H11F3N2O. The Kier molecular flexibility index (Phi) is 3.02. The summed E-state index contributed by atoms with van der Waals surface area (Å²) in [5.41, 5.74) is 0.179. The fourth-order valence-electron chi connectivity index (χ4n) is 1.75. The number of benzene rings is 1. The molecule has 1 aromatic heterocycles. The Balaban J connectivity index is 2.43. The van der Waals surface area contributed by atoms with E-state index >= 15 is 0 Å². The van der Waals surface area contributed by atoms with Crippen LogP contribution in [0.3, 0.4) is 0 Å². The van der Waals surface area contributed by atoms with Crippen LogP contribution in [-0.4, -0.2) is 9.78 Å². The van der Waals surface area contributed by atoms with E-state index in [9.17, 15) is 18.0 Å². The van der Waals surface area contributed by atoms with Gasteiger partial charge in [-0.3, -0.25) is 14.6 Å². The van der Waals surface area contributed by atoms with Crippen LogP contribution in [0.5, 0.6) is 0 Å². The molecule has 0 fully saturated rings. The van der Waals surface area contributed by atoms with Gasteiger partial charge in [0.25, 0.3) is 5.56 Å². The van der Waals surface area contributed by atoms with Gasteiger partial charge < -0.3 is 0 Å². The number of hydrogen-bond donors (Lipinski definition) is 1. The first-order chi connectivity index (χ1) is 8.41. The summed E-state index contributed by atoms with van der Waals surface area (Å²) in [6.45, 7) is 2.38. The molecule has 0 aliphatic carbocycles. The van der Waals surface area contributed by atoms with Crippen molar-refractivity contribution in [3.05, 3.63) is 46.2 Å². The quantitative estimate of drug-likeness (QED) is 0.881. The number of hydrogen-bond acceptors (Lipinski definition) is 1. The molecule has 0 saturated heterocycles. The first-order valence-corrected chi connectivity index (χ1v) is 5.39. The zero-order valence-corrected chi connectivity index (χ0v) is 9.58. The van der Waals surface area contributed by atoms with Gasteiger partial charge in [-0.25, -0.2) is 0 Å². The van der Waals surface area contributed by atoms with Crippen LogP contribution in [0.1, 0.15) is 12.5 Å². The van der Waals surface area contributed by atoms with Gasteiger partial charge in [0.1, 0.15) is 0 Å². The SMILES string of the molecule is CCn1[nH]c(=O)cc1-c1ccc(C(F)(F)F)cc1. The smallest absolute Gasteiger partial charge is 0.285 e. The third kappa shape index (κ3) is 2.32. The fraction of sp³-hybridized carbons (Fsp3) is 0.250. The van der Waals surface area contributed by atoms with Gasteiger partial charge in [0.05, 0.1) is 11.3 Å². The van der Waals surface area contributed by atoms with Gasteiger partial charge in [-0.2, -0.15) is 13.2 Å². The Morgan fingerprint density at radius 3 is 2.33 bits per heavy atom. The first-order valence-electron chi connectivity index (χ1n) is 5.39. The second-order valence-corrected chi connectivity index (χ2v) is 3.83. The lowest BCUT2D eigenvalue weighted by atomic mass is 10.1. The molecular weight excluding hydrogens is 245 g/mol. The summed E-state index contributed by atoms with van der Waals surface area (Å²) in [5, 5.41) is 2.58. The van der Waals surface area contributed by atoms with E-state index in [2.05, 4.69) is 5.10 Å². The largest absolute Gasteiger partial charge is 0.416 e. The number of nitrogens with zero attached hydrogens (tertiary/aromatic N) is 1. The monoisotopic (exact) mass is 256 g/mol. The minimum Gasteiger partial charge on any atom is -0.285 e. The van der Waals surface area contributed by atoms with E-state index in [0.717, 1.165) is 12.1 Å². The molecule has 0 bridgehead atoms. The molecule has 0 amide bonds. The second-order valence-electron chi connectivity index (χ2n) is 3.83. The van der Waals surface area contributed by atoms with Crippen LogP contribution in [0.2, 0.25) is 0 Å². The normalized spacial score (nSPS) is 11.8. The number of aromatic nitrogens is 2. The van der Waals surface area contributed by atoms with E-state index in [1.807, 2.05) is 6.92 Å². The van der Waals surface area contributed by atoms with Crippen molar-refractivity contribution < 1.29 is 13.2 Å². The van der Waals surface area contributed by atoms with Crippen molar-refractivity contribution in [1.29, 1.82) is 0 Å². The Morgan fingerprint density at radius 1 is 1.22 bits per heavy atom. The van der Waals surface area contributed by atoms with Crippen LogP contribution in [0, 0.1) is 0 Å².